The van der Waals surface area contributed by atoms with Crippen LogP contribution in [-0.4, -0.2) is 34.1 Å². The van der Waals surface area contributed by atoms with Gasteiger partial charge < -0.3 is 34.7 Å². The third-order valence-corrected chi connectivity index (χ3v) is 11.0. The van der Waals surface area contributed by atoms with Crippen LogP contribution in [0.25, 0.3) is 11.1 Å². The van der Waals surface area contributed by atoms with Crippen molar-refractivity contribution in [2.24, 2.45) is 0 Å². The van der Waals surface area contributed by atoms with Gasteiger partial charge in [0.25, 0.3) is 0 Å². The number of nitriles is 2. The number of pyridine rings is 2. The summed E-state index contributed by atoms with van der Waals surface area (Å²) in [6, 6.07) is 27.2. The largest absolute Gasteiger partial charge is 0.488 e. The number of carboxylic acid groups (broad SMARTS) is 1. The highest BCUT2D eigenvalue weighted by Crippen LogP contribution is 2.37. The normalized spacial score (nSPS) is 10.8. The summed E-state index contributed by atoms with van der Waals surface area (Å²) in [5.74, 6) is 1.22. The van der Waals surface area contributed by atoms with E-state index < -0.39 is 5.97 Å². The fourth-order valence-corrected chi connectivity index (χ4v) is 7.40. The van der Waals surface area contributed by atoms with Crippen LogP contribution in [0.2, 0.25) is 10.0 Å². The van der Waals surface area contributed by atoms with Crippen molar-refractivity contribution in [2.45, 2.75) is 73.1 Å². The van der Waals surface area contributed by atoms with Gasteiger partial charge in [0.15, 0.2) is 0 Å². The SMILES string of the molecule is CCNCc1cc(Cl)c(OCc2cccc(-c3cccc(COc4cc(OCc5cncc(C#N)c5)c(CNCCCC(=O)O)cc4Cl)c3C)c2C)cc1OCc1cncc(C#N)c1. The van der Waals surface area contributed by atoms with E-state index >= 15 is 0 Å². The quantitative estimate of drug-likeness (QED) is 0.0552. The number of ether oxygens (including phenoxy) is 4. The zero-order valence-corrected chi connectivity index (χ0v) is 37.4. The van der Waals surface area contributed by atoms with Gasteiger partial charge in [-0.2, -0.15) is 10.5 Å². The summed E-state index contributed by atoms with van der Waals surface area (Å²) in [5, 5.41) is 35.1. The van der Waals surface area contributed by atoms with E-state index in [1.54, 1.807) is 36.7 Å². The number of aliphatic carboxylic acids is 1. The second-order valence-corrected chi connectivity index (χ2v) is 15.8. The van der Waals surface area contributed by atoms with Gasteiger partial charge in [-0.15, -0.1) is 0 Å². The van der Waals surface area contributed by atoms with Crippen LogP contribution in [0, 0.1) is 36.5 Å². The number of hydrogen-bond donors (Lipinski definition) is 3. The Morgan fingerprint density at radius 1 is 0.641 bits per heavy atom. The van der Waals surface area contributed by atoms with Crippen molar-refractivity contribution in [2.75, 3.05) is 13.1 Å². The number of nitrogens with one attached hydrogen (secondary N) is 2. The average molecular weight is 900 g/mol. The van der Waals surface area contributed by atoms with E-state index in [-0.39, 0.29) is 32.8 Å². The molecule has 0 fully saturated rings. The highest BCUT2D eigenvalue weighted by atomic mass is 35.5. The number of carbonyl (C=O) groups is 1. The molecule has 3 N–H and O–H groups in total. The first-order valence-corrected chi connectivity index (χ1v) is 21.5. The van der Waals surface area contributed by atoms with Crippen molar-refractivity contribution in [3.63, 3.8) is 0 Å². The summed E-state index contributed by atoms with van der Waals surface area (Å²) >= 11 is 13.6. The Hall–Kier alpha value is -6.67. The standard InChI is InChI=1S/C50H48Cl2N6O6/c1-4-55-26-40-16-44(51)48(18-46(40)61-28-36-14-34(20-53)22-57-24-36)63-30-38-8-5-10-42(32(38)2)43-11-6-9-39(33(43)3)31-64-49-19-47(62-29-37-15-35(21-54)23-58-25-37)41(17-45(49)52)27-56-13-7-12-50(59)60/h5-6,8-11,14-19,22-25,55-56H,4,7,12-13,26-31H2,1-3H3,(H,59,60). The molecule has 0 unspecified atom stereocenters. The molecule has 0 atom stereocenters. The molecule has 0 amide bonds. The molecule has 0 radical (unpaired) electrons. The Morgan fingerprint density at radius 2 is 1.11 bits per heavy atom. The Morgan fingerprint density at radius 3 is 1.56 bits per heavy atom. The summed E-state index contributed by atoms with van der Waals surface area (Å²) in [5.41, 5.74) is 10.2. The Bertz CT molecular complexity index is 2680. The van der Waals surface area contributed by atoms with E-state index in [1.807, 2.05) is 43.3 Å². The van der Waals surface area contributed by atoms with Crippen LogP contribution in [-0.2, 0) is 44.3 Å². The molecule has 0 saturated carbocycles. The van der Waals surface area contributed by atoms with Crippen molar-refractivity contribution in [3.8, 4) is 46.3 Å². The Balaban J connectivity index is 1.17. The molecule has 0 aliphatic rings. The second kappa shape index (κ2) is 23.1. The first kappa shape index (κ1) is 46.8. The zero-order valence-electron chi connectivity index (χ0n) is 35.8. The van der Waals surface area contributed by atoms with Gasteiger partial charge >= 0.3 is 5.97 Å². The Kier molecular flexibility index (Phi) is 16.9. The van der Waals surface area contributed by atoms with Gasteiger partial charge in [-0.3, -0.25) is 14.8 Å². The van der Waals surface area contributed by atoms with Crippen molar-refractivity contribution in [1.82, 2.24) is 20.6 Å². The third-order valence-electron chi connectivity index (χ3n) is 10.4. The fraction of sp³-hybridized carbons (Fsp3) is 0.260. The van der Waals surface area contributed by atoms with Gasteiger partial charge in [-0.1, -0.05) is 66.5 Å². The molecular formula is C50H48Cl2N6O6. The number of nitrogens with zero attached hydrogens (tertiary/aromatic N) is 4. The lowest BCUT2D eigenvalue weighted by Gasteiger charge is -2.19. The lowest BCUT2D eigenvalue weighted by atomic mass is 9.92. The monoisotopic (exact) mass is 898 g/mol. The molecule has 12 nitrogen and oxygen atoms in total. The van der Waals surface area contributed by atoms with Gasteiger partial charge in [-0.25, -0.2) is 0 Å². The van der Waals surface area contributed by atoms with E-state index in [1.165, 1.54) is 12.4 Å². The number of aromatic nitrogens is 2. The minimum absolute atomic E-state index is 0.0631. The van der Waals surface area contributed by atoms with Gasteiger partial charge in [0.1, 0.15) is 61.6 Å². The van der Waals surface area contributed by atoms with Crippen LogP contribution in [0.1, 0.15) is 75.4 Å². The first-order chi connectivity index (χ1) is 31.1. The minimum atomic E-state index is -0.848. The lowest BCUT2D eigenvalue weighted by Crippen LogP contribution is -2.16. The van der Waals surface area contributed by atoms with E-state index in [4.69, 9.17) is 47.3 Å². The number of halogens is 2. The molecular weight excluding hydrogens is 851 g/mol. The molecule has 0 aliphatic heterocycles. The fourth-order valence-electron chi connectivity index (χ4n) is 6.92. The summed E-state index contributed by atoms with van der Waals surface area (Å²) in [7, 11) is 0. The van der Waals surface area contributed by atoms with Gasteiger partial charge in [0, 0.05) is 78.7 Å². The van der Waals surface area contributed by atoms with Crippen LogP contribution in [0.4, 0.5) is 0 Å². The second-order valence-electron chi connectivity index (χ2n) is 15.0. The third kappa shape index (κ3) is 12.7. The topological polar surface area (TPSA) is 172 Å². The molecule has 2 heterocycles. The Labute approximate surface area is 383 Å². The highest BCUT2D eigenvalue weighted by Gasteiger charge is 2.17. The van der Waals surface area contributed by atoms with Crippen LogP contribution < -0.4 is 29.6 Å². The molecule has 14 heteroatoms. The maximum absolute atomic E-state index is 11.0. The van der Waals surface area contributed by atoms with Crippen LogP contribution in [0.15, 0.2) is 97.6 Å². The molecule has 0 spiro atoms. The smallest absolute Gasteiger partial charge is 0.303 e. The average Bonchev–Trinajstić information content (AvgIpc) is 3.30. The van der Waals surface area contributed by atoms with E-state index in [2.05, 4.69) is 58.7 Å². The summed E-state index contributed by atoms with van der Waals surface area (Å²) in [6.07, 6.45) is 6.86. The van der Waals surface area contributed by atoms with Crippen molar-refractivity contribution in [3.05, 3.63) is 163 Å². The summed E-state index contributed by atoms with van der Waals surface area (Å²) < 4.78 is 25.2. The predicted molar refractivity (Wildman–Crippen MR) is 245 cm³/mol. The lowest BCUT2D eigenvalue weighted by molar-refractivity contribution is -0.137. The highest BCUT2D eigenvalue weighted by molar-refractivity contribution is 6.32. The number of benzene rings is 4. The van der Waals surface area contributed by atoms with Crippen LogP contribution >= 0.6 is 23.2 Å². The van der Waals surface area contributed by atoms with Crippen molar-refractivity contribution in [1.29, 1.82) is 10.5 Å². The molecule has 6 aromatic rings. The molecule has 6 rings (SSSR count). The minimum Gasteiger partial charge on any atom is -0.488 e. The van der Waals surface area contributed by atoms with Crippen LogP contribution in [0.3, 0.4) is 0 Å². The predicted octanol–water partition coefficient (Wildman–Crippen LogP) is 10.2. The van der Waals surface area contributed by atoms with Gasteiger partial charge in [0.05, 0.1) is 21.2 Å². The van der Waals surface area contributed by atoms with Gasteiger partial charge in [-0.05, 0) is 91.0 Å². The summed E-state index contributed by atoms with van der Waals surface area (Å²) in [6.45, 7) is 9.25. The van der Waals surface area contributed by atoms with Crippen LogP contribution in [0.5, 0.6) is 23.0 Å². The van der Waals surface area contributed by atoms with Gasteiger partial charge in [0.2, 0.25) is 0 Å². The number of carboxylic acids is 1. The molecule has 2 aromatic heterocycles. The zero-order chi connectivity index (χ0) is 45.4. The maximum Gasteiger partial charge on any atom is 0.303 e. The number of hydrogen-bond acceptors (Lipinski definition) is 11. The first-order valence-electron chi connectivity index (χ1n) is 20.7. The molecule has 0 aliphatic carbocycles. The molecule has 64 heavy (non-hydrogen) atoms. The van der Waals surface area contributed by atoms with E-state index in [0.29, 0.717) is 70.2 Å². The molecule has 0 bridgehead atoms. The summed E-state index contributed by atoms with van der Waals surface area (Å²) in [4.78, 5) is 19.3. The molecule has 0 saturated heterocycles. The van der Waals surface area contributed by atoms with Crippen molar-refractivity contribution >= 4 is 29.2 Å². The van der Waals surface area contributed by atoms with Crippen molar-refractivity contribution < 1.29 is 28.8 Å². The maximum atomic E-state index is 11.0. The van der Waals surface area contributed by atoms with E-state index in [9.17, 15) is 15.3 Å². The number of rotatable bonds is 22. The van der Waals surface area contributed by atoms with E-state index in [0.717, 1.165) is 62.2 Å². The molecule has 328 valence electrons. The molecule has 4 aromatic carbocycles.